The van der Waals surface area contributed by atoms with E-state index in [1.807, 2.05) is 4.90 Å². The summed E-state index contributed by atoms with van der Waals surface area (Å²) in [6.45, 7) is 3.59. The molecule has 0 saturated carbocycles. The third-order valence-electron chi connectivity index (χ3n) is 3.83. The van der Waals surface area contributed by atoms with Crippen LogP contribution < -0.4 is 10.6 Å². The lowest BCUT2D eigenvalue weighted by Gasteiger charge is -2.33. The zero-order valence-corrected chi connectivity index (χ0v) is 11.2. The van der Waals surface area contributed by atoms with E-state index in [1.165, 1.54) is 6.07 Å². The van der Waals surface area contributed by atoms with E-state index < -0.39 is 4.92 Å². The van der Waals surface area contributed by atoms with E-state index >= 15 is 0 Å². The van der Waals surface area contributed by atoms with Gasteiger partial charge in [-0.1, -0.05) is 13.0 Å². The van der Waals surface area contributed by atoms with Gasteiger partial charge in [-0.25, -0.2) is 0 Å². The maximum atomic E-state index is 11.0. The number of nitro benzene ring substituents is 1. The van der Waals surface area contributed by atoms with Crippen molar-refractivity contribution in [3.8, 4) is 0 Å². The molecule has 7 heteroatoms. The van der Waals surface area contributed by atoms with Crippen LogP contribution in [0.5, 0.6) is 0 Å². The molecule has 1 aromatic heterocycles. The zero-order chi connectivity index (χ0) is 14.3. The molecule has 0 aliphatic carbocycles. The van der Waals surface area contributed by atoms with Crippen LogP contribution >= 0.6 is 0 Å². The second-order valence-corrected chi connectivity index (χ2v) is 5.25. The normalized spacial score (nSPS) is 23.2. The minimum Gasteiger partial charge on any atom is -0.423 e. The number of benzene rings is 1. The largest absolute Gasteiger partial charge is 0.423 e. The summed E-state index contributed by atoms with van der Waals surface area (Å²) in [5, 5.41) is 11.0. The number of aromatic nitrogens is 1. The summed E-state index contributed by atoms with van der Waals surface area (Å²) < 4.78 is 5.65. The number of nitrogens with zero attached hydrogens (tertiary/aromatic N) is 3. The van der Waals surface area contributed by atoms with Crippen LogP contribution in [0.2, 0.25) is 0 Å². The quantitative estimate of drug-likeness (QED) is 0.664. The molecule has 1 aliphatic heterocycles. The third-order valence-corrected chi connectivity index (χ3v) is 3.83. The van der Waals surface area contributed by atoms with E-state index in [0.717, 1.165) is 19.5 Å². The maximum Gasteiger partial charge on any atom is 0.298 e. The smallest absolute Gasteiger partial charge is 0.298 e. The Morgan fingerprint density at radius 1 is 1.55 bits per heavy atom. The van der Waals surface area contributed by atoms with Crippen molar-refractivity contribution in [2.75, 3.05) is 18.0 Å². The Morgan fingerprint density at radius 3 is 3.05 bits per heavy atom. The lowest BCUT2D eigenvalue weighted by molar-refractivity contribution is -0.383. The lowest BCUT2D eigenvalue weighted by Crippen LogP contribution is -2.46. The van der Waals surface area contributed by atoms with E-state index in [4.69, 9.17) is 10.2 Å². The van der Waals surface area contributed by atoms with Crippen LogP contribution in [0.3, 0.4) is 0 Å². The van der Waals surface area contributed by atoms with Crippen LogP contribution in [-0.2, 0) is 0 Å². The maximum absolute atomic E-state index is 11.0. The Balaban J connectivity index is 1.97. The Labute approximate surface area is 115 Å². The van der Waals surface area contributed by atoms with Gasteiger partial charge >= 0.3 is 0 Å². The van der Waals surface area contributed by atoms with Gasteiger partial charge in [-0.3, -0.25) is 10.1 Å². The summed E-state index contributed by atoms with van der Waals surface area (Å²) in [5.74, 6) is 0.341. The number of hydrogen-bond acceptors (Lipinski definition) is 6. The predicted molar refractivity (Wildman–Crippen MR) is 74.6 cm³/mol. The average molecular weight is 276 g/mol. The van der Waals surface area contributed by atoms with Gasteiger partial charge in [-0.15, -0.1) is 0 Å². The average Bonchev–Trinajstić information content (AvgIpc) is 2.85. The van der Waals surface area contributed by atoms with E-state index in [-0.39, 0.29) is 11.7 Å². The lowest BCUT2D eigenvalue weighted by atomic mass is 9.95. The molecule has 0 spiro atoms. The number of hydrogen-bond donors (Lipinski definition) is 1. The highest BCUT2D eigenvalue weighted by Crippen LogP contribution is 2.30. The highest BCUT2D eigenvalue weighted by Gasteiger charge is 2.27. The predicted octanol–water partition coefficient (Wildman–Crippen LogP) is 1.91. The van der Waals surface area contributed by atoms with Gasteiger partial charge in [0.05, 0.1) is 4.92 Å². The van der Waals surface area contributed by atoms with Crippen molar-refractivity contribution in [3.05, 3.63) is 28.3 Å². The highest BCUT2D eigenvalue weighted by atomic mass is 16.6. The molecule has 2 aromatic rings. The molecule has 1 saturated heterocycles. The number of oxazole rings is 1. The Kier molecular flexibility index (Phi) is 3.06. The molecule has 7 nitrogen and oxygen atoms in total. The number of non-ortho nitro benzene ring substituents is 1. The van der Waals surface area contributed by atoms with Crippen LogP contribution in [0.1, 0.15) is 13.3 Å². The Morgan fingerprint density at radius 2 is 2.35 bits per heavy atom. The summed E-state index contributed by atoms with van der Waals surface area (Å²) in [7, 11) is 0. The second-order valence-electron chi connectivity index (χ2n) is 5.25. The summed E-state index contributed by atoms with van der Waals surface area (Å²) in [6.07, 6.45) is 0.863. The highest BCUT2D eigenvalue weighted by molar-refractivity contribution is 5.84. The molecule has 20 heavy (non-hydrogen) atoms. The molecule has 2 N–H and O–H groups in total. The molecule has 106 valence electrons. The van der Waals surface area contributed by atoms with Gasteiger partial charge in [0.1, 0.15) is 0 Å². The number of rotatable bonds is 2. The molecule has 1 aromatic carbocycles. The SMILES string of the molecule is CC1CN(c2nc3c([N+](=O)[O-])cccc3o2)CCC1N. The van der Waals surface area contributed by atoms with Crippen molar-refractivity contribution < 1.29 is 9.34 Å². The number of para-hydroxylation sites is 1. The summed E-state index contributed by atoms with van der Waals surface area (Å²) in [4.78, 5) is 16.8. The van der Waals surface area contributed by atoms with E-state index in [2.05, 4.69) is 11.9 Å². The molecule has 2 heterocycles. The van der Waals surface area contributed by atoms with E-state index in [1.54, 1.807) is 12.1 Å². The number of nitro groups is 1. The Hall–Kier alpha value is -2.15. The first-order chi connectivity index (χ1) is 9.56. The first kappa shape index (κ1) is 12.9. The molecule has 0 amide bonds. The van der Waals surface area contributed by atoms with Crippen molar-refractivity contribution in [2.45, 2.75) is 19.4 Å². The fraction of sp³-hybridized carbons (Fsp3) is 0.462. The topological polar surface area (TPSA) is 98.4 Å². The first-order valence-corrected chi connectivity index (χ1v) is 6.60. The molecule has 1 aliphatic rings. The van der Waals surface area contributed by atoms with Crippen molar-refractivity contribution in [1.82, 2.24) is 4.98 Å². The van der Waals surface area contributed by atoms with Crippen LogP contribution in [0.4, 0.5) is 11.7 Å². The first-order valence-electron chi connectivity index (χ1n) is 6.60. The molecule has 0 bridgehead atoms. The van der Waals surface area contributed by atoms with Crippen LogP contribution in [-0.4, -0.2) is 29.0 Å². The molecule has 2 unspecified atom stereocenters. The van der Waals surface area contributed by atoms with Gasteiger partial charge in [0.25, 0.3) is 11.7 Å². The van der Waals surface area contributed by atoms with Gasteiger partial charge in [0, 0.05) is 25.2 Å². The molecular weight excluding hydrogens is 260 g/mol. The van der Waals surface area contributed by atoms with Crippen molar-refractivity contribution >= 4 is 22.8 Å². The fourth-order valence-electron chi connectivity index (χ4n) is 2.54. The number of anilines is 1. The molecule has 1 fully saturated rings. The summed E-state index contributed by atoms with van der Waals surface area (Å²) in [6, 6.07) is 5.35. The zero-order valence-electron chi connectivity index (χ0n) is 11.2. The minimum atomic E-state index is -0.441. The van der Waals surface area contributed by atoms with E-state index in [0.29, 0.717) is 23.0 Å². The molecule has 3 rings (SSSR count). The van der Waals surface area contributed by atoms with Crippen molar-refractivity contribution in [3.63, 3.8) is 0 Å². The van der Waals surface area contributed by atoms with Gasteiger partial charge in [-0.05, 0) is 18.4 Å². The molecule has 2 atom stereocenters. The third kappa shape index (κ3) is 2.09. The summed E-state index contributed by atoms with van der Waals surface area (Å²) in [5.41, 5.74) is 6.70. The monoisotopic (exact) mass is 276 g/mol. The van der Waals surface area contributed by atoms with Gasteiger partial charge in [-0.2, -0.15) is 4.98 Å². The fourth-order valence-corrected chi connectivity index (χ4v) is 2.54. The number of nitrogens with two attached hydrogens (primary N) is 1. The van der Waals surface area contributed by atoms with Gasteiger partial charge in [0.2, 0.25) is 0 Å². The van der Waals surface area contributed by atoms with Gasteiger partial charge < -0.3 is 15.1 Å². The number of fused-ring (bicyclic) bond motifs is 1. The Bertz CT molecular complexity index is 654. The molecule has 0 radical (unpaired) electrons. The summed E-state index contributed by atoms with van der Waals surface area (Å²) >= 11 is 0. The van der Waals surface area contributed by atoms with Crippen LogP contribution in [0.25, 0.3) is 11.1 Å². The minimum absolute atomic E-state index is 0.0285. The van der Waals surface area contributed by atoms with Crippen LogP contribution in [0, 0.1) is 16.0 Å². The van der Waals surface area contributed by atoms with E-state index in [9.17, 15) is 10.1 Å². The standard InChI is InChI=1S/C13H16N4O3/c1-8-7-16(6-5-9(8)14)13-15-12-10(17(18)19)3-2-4-11(12)20-13/h2-4,8-9H,5-7,14H2,1H3. The van der Waals surface area contributed by atoms with Crippen molar-refractivity contribution in [1.29, 1.82) is 0 Å². The van der Waals surface area contributed by atoms with Gasteiger partial charge in [0.15, 0.2) is 11.1 Å². The second kappa shape index (κ2) is 4.75. The van der Waals surface area contributed by atoms with Crippen LogP contribution in [0.15, 0.2) is 22.6 Å². The number of piperidine rings is 1. The molecular formula is C13H16N4O3. The van der Waals surface area contributed by atoms with Crippen molar-refractivity contribution in [2.24, 2.45) is 11.7 Å².